The Kier molecular flexibility index (Phi) is 15.8. The summed E-state index contributed by atoms with van der Waals surface area (Å²) in [5.41, 5.74) is -0.806. The molecule has 4 heterocycles. The summed E-state index contributed by atoms with van der Waals surface area (Å²) in [6.45, 7) is 15.2. The van der Waals surface area contributed by atoms with E-state index in [4.69, 9.17) is 37.9 Å². The summed E-state index contributed by atoms with van der Waals surface area (Å²) >= 11 is 0. The first-order valence-electron chi connectivity index (χ1n) is 27.1. The molecule has 0 spiro atoms. The highest BCUT2D eigenvalue weighted by molar-refractivity contribution is 5.76. The summed E-state index contributed by atoms with van der Waals surface area (Å²) < 4.78 is 48.1. The van der Waals surface area contributed by atoms with Crippen LogP contribution in [0.1, 0.15) is 120 Å². The minimum Gasteiger partial charge on any atom is -0.481 e. The molecule has 0 aromatic carbocycles. The van der Waals surface area contributed by atoms with Crippen LogP contribution in [0.5, 0.6) is 0 Å². The molecule has 21 heteroatoms. The Bertz CT molecular complexity index is 2050. The number of ether oxygens (including phenoxy) is 8. The monoisotopic (exact) mass is 1060 g/mol. The maximum Gasteiger partial charge on any atom is 0.310 e. The van der Waals surface area contributed by atoms with Gasteiger partial charge in [0.15, 0.2) is 25.2 Å². The summed E-state index contributed by atoms with van der Waals surface area (Å²) in [5.74, 6) is -0.495. The van der Waals surface area contributed by atoms with E-state index in [0.29, 0.717) is 19.3 Å². The molecule has 0 unspecified atom stereocenters. The van der Waals surface area contributed by atoms with Crippen LogP contribution in [0, 0.1) is 50.2 Å². The molecule has 0 bridgehead atoms. The van der Waals surface area contributed by atoms with Crippen molar-refractivity contribution in [3.8, 4) is 0 Å². The first-order chi connectivity index (χ1) is 34.6. The van der Waals surface area contributed by atoms with Crippen molar-refractivity contribution in [3.05, 3.63) is 11.6 Å². The number of hydrogen-bond donors (Lipinski definition) is 12. The molecule has 28 atom stereocenters. The van der Waals surface area contributed by atoms with Gasteiger partial charge >= 0.3 is 5.97 Å². The van der Waals surface area contributed by atoms with Crippen LogP contribution in [-0.4, -0.2) is 210 Å². The van der Waals surface area contributed by atoms with Crippen LogP contribution in [-0.2, 0) is 42.7 Å². The van der Waals surface area contributed by atoms with E-state index in [2.05, 4.69) is 40.7 Å². The van der Waals surface area contributed by atoms with Crippen LogP contribution < -0.4 is 0 Å². The van der Waals surface area contributed by atoms with Gasteiger partial charge in [0, 0.05) is 5.41 Å². The summed E-state index contributed by atoms with van der Waals surface area (Å²) in [4.78, 5) is 13.2. The van der Waals surface area contributed by atoms with Crippen molar-refractivity contribution in [1.82, 2.24) is 0 Å². The van der Waals surface area contributed by atoms with Gasteiger partial charge in [-0.3, -0.25) is 4.79 Å². The number of hydrogen-bond acceptors (Lipinski definition) is 20. The summed E-state index contributed by atoms with van der Waals surface area (Å²) in [5, 5.41) is 132. The summed E-state index contributed by atoms with van der Waals surface area (Å²) in [6, 6.07) is 0. The first-order valence-corrected chi connectivity index (χ1v) is 27.1. The van der Waals surface area contributed by atoms with E-state index in [1.54, 1.807) is 0 Å². The molecule has 8 fully saturated rings. The second-order valence-corrected chi connectivity index (χ2v) is 25.6. The van der Waals surface area contributed by atoms with Crippen molar-refractivity contribution < 1.29 is 104 Å². The third-order valence-electron chi connectivity index (χ3n) is 21.2. The van der Waals surface area contributed by atoms with Gasteiger partial charge in [0.05, 0.1) is 43.5 Å². The number of carbonyl (C=O) groups is 1. The van der Waals surface area contributed by atoms with Gasteiger partial charge in [0.1, 0.15) is 79.4 Å². The van der Waals surface area contributed by atoms with E-state index in [1.807, 2.05) is 6.92 Å². The average Bonchev–Trinajstić information content (AvgIpc) is 3.35. The molecule has 9 rings (SSSR count). The van der Waals surface area contributed by atoms with Crippen LogP contribution in [0.3, 0.4) is 0 Å². The lowest BCUT2D eigenvalue weighted by atomic mass is 9.33. The van der Waals surface area contributed by atoms with E-state index in [-0.39, 0.29) is 52.6 Å². The number of carboxylic acids is 1. The van der Waals surface area contributed by atoms with Gasteiger partial charge in [0.2, 0.25) is 0 Å². The van der Waals surface area contributed by atoms with Crippen molar-refractivity contribution in [2.24, 2.45) is 50.2 Å². The maximum absolute atomic E-state index is 13.2. The van der Waals surface area contributed by atoms with Gasteiger partial charge in [-0.1, -0.05) is 53.2 Å². The molecule has 4 saturated heterocycles. The largest absolute Gasteiger partial charge is 0.481 e. The lowest BCUT2D eigenvalue weighted by molar-refractivity contribution is -0.391. The number of aliphatic hydroxyl groups is 11. The average molecular weight is 1060 g/mol. The van der Waals surface area contributed by atoms with Gasteiger partial charge < -0.3 is 99.2 Å². The molecule has 4 aliphatic heterocycles. The van der Waals surface area contributed by atoms with Crippen molar-refractivity contribution in [1.29, 1.82) is 0 Å². The number of aliphatic carboxylic acids is 1. The molecular weight excluding hydrogens is 973 g/mol. The van der Waals surface area contributed by atoms with Gasteiger partial charge in [-0.2, -0.15) is 0 Å². The zero-order valence-corrected chi connectivity index (χ0v) is 44.1. The van der Waals surface area contributed by atoms with E-state index in [9.17, 15) is 66.1 Å². The van der Waals surface area contributed by atoms with Crippen molar-refractivity contribution >= 4 is 5.97 Å². The lowest BCUT2D eigenvalue weighted by Gasteiger charge is -2.71. The normalized spacial score (nSPS) is 55.4. The highest BCUT2D eigenvalue weighted by atomic mass is 16.8. The quantitative estimate of drug-likeness (QED) is 0.0971. The molecule has 12 N–H and O–H groups in total. The Morgan fingerprint density at radius 3 is 1.85 bits per heavy atom. The first kappa shape index (κ1) is 57.1. The topological polar surface area (TPSA) is 334 Å². The molecule has 4 saturated carbocycles. The number of carboxylic acid groups (broad SMARTS) is 1. The number of aliphatic hydroxyl groups excluding tert-OH is 11. The molecule has 9 aliphatic rings. The minimum atomic E-state index is -1.94. The molecule has 0 aromatic rings. The van der Waals surface area contributed by atoms with Crippen LogP contribution in [0.15, 0.2) is 11.6 Å². The molecular formula is C53H86O21. The summed E-state index contributed by atoms with van der Waals surface area (Å²) in [6.07, 6.45) is -21.1. The Hall–Kier alpha value is -1.55. The predicted octanol–water partition coefficient (Wildman–Crippen LogP) is 0.197. The van der Waals surface area contributed by atoms with E-state index in [0.717, 1.165) is 44.9 Å². The van der Waals surface area contributed by atoms with Gasteiger partial charge in [-0.15, -0.1) is 0 Å². The predicted molar refractivity (Wildman–Crippen MR) is 256 cm³/mol. The highest BCUT2D eigenvalue weighted by Crippen LogP contribution is 2.76. The van der Waals surface area contributed by atoms with Crippen LogP contribution >= 0.6 is 0 Å². The zero-order valence-electron chi connectivity index (χ0n) is 44.1. The van der Waals surface area contributed by atoms with Gasteiger partial charge in [0.25, 0.3) is 0 Å². The van der Waals surface area contributed by atoms with Crippen molar-refractivity contribution in [2.45, 2.75) is 242 Å². The minimum absolute atomic E-state index is 0.0230. The van der Waals surface area contributed by atoms with E-state index >= 15 is 0 Å². The van der Waals surface area contributed by atoms with Crippen LogP contribution in [0.4, 0.5) is 0 Å². The number of rotatable bonds is 11. The molecule has 74 heavy (non-hydrogen) atoms. The SMILES string of the molecule is C[C@@H]1O[C@@H](O[C@@H]2[C@@H](O)[C@H](O[C@@H]3[C@@H](O)[C@H](C)O[C@@H](O[C@H]4[C@@H](O[C@H]5CC[C@@]6(C)[C@@H](CC[C@]7(C)[C@@H]6CC=C6[C@@H]8CC(C)(C)CC[C@]8(C(=O)O)CC[C@]67C)[C@]5(C)CO)OC[C@H](O)[C@@H]4O)[C@@H]3O)O[C@H](CO)[C@H]2O)[C@H](O)[C@H](O)[C@H]1O. The fourth-order valence-corrected chi connectivity index (χ4v) is 16.2. The molecule has 0 radical (unpaired) electrons. The molecule has 21 nitrogen and oxygen atoms in total. The standard InChI is InChI=1S/C53H86O21/c1-23-32(57)36(61)37(62)43(68-23)73-41-35(60)28(20-54)70-45(39(41)64)72-40-33(58)24(2)69-44(38(40)63)74-42-34(59)27(56)21-67-46(42)71-31-12-13-49(5)29(50(31,6)22-55)11-14-52(8)30(49)10-9-25-26-19-48(3,4)15-17-53(26,47(65)66)18-16-51(25,52)7/h9,23-24,26-46,54-64H,10-22H2,1-8H3,(H,65,66)/t23-,24-,26-,27-,28+,29+,30+,31-,32-,33-,34-,35+,36+,37+,38+,39+,40+,41-,42+,43-,44-,45-,46+,49-,50-,51+,52+,53-/m0/s1. The Morgan fingerprint density at radius 1 is 0.622 bits per heavy atom. The highest BCUT2D eigenvalue weighted by Gasteiger charge is 2.70. The third-order valence-corrected chi connectivity index (χ3v) is 21.2. The van der Waals surface area contributed by atoms with Gasteiger partial charge in [-0.25, -0.2) is 0 Å². The summed E-state index contributed by atoms with van der Waals surface area (Å²) in [7, 11) is 0. The molecule has 0 amide bonds. The maximum atomic E-state index is 13.2. The Morgan fingerprint density at radius 2 is 1.22 bits per heavy atom. The van der Waals surface area contributed by atoms with Crippen molar-refractivity contribution in [2.75, 3.05) is 19.8 Å². The Balaban J connectivity index is 0.916. The number of fused-ring (bicyclic) bond motifs is 7. The molecule has 424 valence electrons. The lowest BCUT2D eigenvalue weighted by Crippen LogP contribution is -2.67. The van der Waals surface area contributed by atoms with E-state index < -0.39 is 146 Å². The Labute approximate surface area is 433 Å². The zero-order chi connectivity index (χ0) is 54.0. The number of allylic oxidation sites excluding steroid dienone is 2. The smallest absolute Gasteiger partial charge is 0.310 e. The van der Waals surface area contributed by atoms with Gasteiger partial charge in [-0.05, 0) is 117 Å². The van der Waals surface area contributed by atoms with Crippen LogP contribution in [0.2, 0.25) is 0 Å². The second kappa shape index (κ2) is 20.5. The van der Waals surface area contributed by atoms with Crippen molar-refractivity contribution in [3.63, 3.8) is 0 Å². The molecule has 5 aliphatic carbocycles. The third kappa shape index (κ3) is 9.08. The van der Waals surface area contributed by atoms with E-state index in [1.165, 1.54) is 19.4 Å². The second-order valence-electron chi connectivity index (χ2n) is 25.6. The molecule has 0 aromatic heterocycles. The fourth-order valence-electron chi connectivity index (χ4n) is 16.2. The van der Waals surface area contributed by atoms with Crippen LogP contribution in [0.25, 0.3) is 0 Å². The fraction of sp³-hybridized carbons (Fsp3) is 0.943.